The summed E-state index contributed by atoms with van der Waals surface area (Å²) >= 11 is 0.929. The molecule has 1 heterocycles. The number of thiophene rings is 1. The van der Waals surface area contributed by atoms with E-state index in [9.17, 15) is 13.2 Å². The fourth-order valence-electron chi connectivity index (χ4n) is 1.15. The molecule has 0 aliphatic rings. The topological polar surface area (TPSA) is 74.7 Å². The molecule has 0 saturated carbocycles. The Balaban J connectivity index is 3.03. The van der Waals surface area contributed by atoms with Crippen molar-refractivity contribution in [1.29, 1.82) is 0 Å². The lowest BCUT2D eigenvalue weighted by molar-refractivity contribution is 0.0697. The Bertz CT molecular complexity index is 477. The molecule has 0 spiro atoms. The predicted octanol–water partition coefficient (Wildman–Crippen LogP) is 1.48. The number of carboxylic acid groups (broad SMARTS) is 1. The number of hydrogen-bond acceptors (Lipinski definition) is 4. The zero-order valence-electron chi connectivity index (χ0n) is 9.00. The molecule has 0 atom stereocenters. The van der Waals surface area contributed by atoms with Crippen molar-refractivity contribution in [3.8, 4) is 0 Å². The minimum absolute atomic E-state index is 0.00785. The largest absolute Gasteiger partial charge is 0.478 e. The van der Waals surface area contributed by atoms with Gasteiger partial charge in [0.05, 0.1) is 5.56 Å². The minimum Gasteiger partial charge on any atom is -0.478 e. The van der Waals surface area contributed by atoms with Crippen LogP contribution in [0.2, 0.25) is 0 Å². The smallest absolute Gasteiger partial charge is 0.336 e. The second-order valence-corrected chi connectivity index (χ2v) is 6.47. The van der Waals surface area contributed by atoms with E-state index < -0.39 is 16.0 Å². The van der Waals surface area contributed by atoms with Crippen LogP contribution in [0.1, 0.15) is 23.7 Å². The standard InChI is InChI=1S/C9H13NO4S2/c1-3-4-10(2)16(13,14)8-5-7(6-15-8)9(11)12/h5-6H,3-4H2,1-2H3,(H,11,12). The molecule has 0 saturated heterocycles. The molecule has 5 nitrogen and oxygen atoms in total. The van der Waals surface area contributed by atoms with Gasteiger partial charge in [0, 0.05) is 19.0 Å². The summed E-state index contributed by atoms with van der Waals surface area (Å²) in [6.45, 7) is 2.30. The van der Waals surface area contributed by atoms with Gasteiger partial charge in [-0.3, -0.25) is 0 Å². The van der Waals surface area contributed by atoms with Gasteiger partial charge >= 0.3 is 5.97 Å². The molecule has 0 amide bonds. The fourth-order valence-corrected chi connectivity index (χ4v) is 3.78. The van der Waals surface area contributed by atoms with E-state index in [1.54, 1.807) is 0 Å². The number of sulfonamides is 1. The molecule has 0 fully saturated rings. The molecular formula is C9H13NO4S2. The fraction of sp³-hybridized carbons (Fsp3) is 0.444. The van der Waals surface area contributed by atoms with Crippen LogP contribution in [0.25, 0.3) is 0 Å². The van der Waals surface area contributed by atoms with E-state index in [1.807, 2.05) is 6.92 Å². The Morgan fingerprint density at radius 2 is 2.19 bits per heavy atom. The zero-order valence-corrected chi connectivity index (χ0v) is 10.6. The van der Waals surface area contributed by atoms with Crippen LogP contribution >= 0.6 is 11.3 Å². The van der Waals surface area contributed by atoms with Crippen molar-refractivity contribution in [1.82, 2.24) is 4.31 Å². The summed E-state index contributed by atoms with van der Waals surface area (Å²) in [6, 6.07) is 1.19. The summed E-state index contributed by atoms with van der Waals surface area (Å²) < 4.78 is 25.1. The third-order valence-corrected chi connectivity index (χ3v) is 5.30. The van der Waals surface area contributed by atoms with Gasteiger partial charge in [0.15, 0.2) is 0 Å². The lowest BCUT2D eigenvalue weighted by atomic mass is 10.4. The molecule has 1 N–H and O–H groups in total. The van der Waals surface area contributed by atoms with Gasteiger partial charge in [-0.1, -0.05) is 6.92 Å². The van der Waals surface area contributed by atoms with E-state index >= 15 is 0 Å². The highest BCUT2D eigenvalue weighted by molar-refractivity contribution is 7.91. The highest BCUT2D eigenvalue weighted by Gasteiger charge is 2.23. The third kappa shape index (κ3) is 2.60. The summed E-state index contributed by atoms with van der Waals surface area (Å²) in [6.07, 6.45) is 0.715. The van der Waals surface area contributed by atoms with Crippen molar-refractivity contribution >= 4 is 27.3 Å². The minimum atomic E-state index is -3.53. The molecule has 0 aliphatic carbocycles. The van der Waals surface area contributed by atoms with Crippen molar-refractivity contribution in [2.75, 3.05) is 13.6 Å². The lowest BCUT2D eigenvalue weighted by Gasteiger charge is -2.14. The maximum Gasteiger partial charge on any atom is 0.336 e. The summed E-state index contributed by atoms with van der Waals surface area (Å²) in [5.41, 5.74) is 0.00785. The first kappa shape index (κ1) is 13.1. The molecule has 1 aromatic heterocycles. The average Bonchev–Trinajstić information content (AvgIpc) is 2.67. The number of nitrogens with zero attached hydrogens (tertiary/aromatic N) is 1. The molecule has 16 heavy (non-hydrogen) atoms. The summed E-state index contributed by atoms with van der Waals surface area (Å²) in [4.78, 5) is 10.6. The van der Waals surface area contributed by atoms with Gasteiger partial charge in [0.2, 0.25) is 0 Å². The molecule has 0 bridgehead atoms. The maximum atomic E-state index is 11.9. The first-order valence-corrected chi connectivity index (χ1v) is 6.99. The quantitative estimate of drug-likeness (QED) is 0.873. The van der Waals surface area contributed by atoms with E-state index in [1.165, 1.54) is 22.8 Å². The van der Waals surface area contributed by atoms with Crippen LogP contribution in [0.15, 0.2) is 15.7 Å². The first-order valence-electron chi connectivity index (χ1n) is 4.67. The molecule has 0 unspecified atom stereocenters. The van der Waals surface area contributed by atoms with Crippen LogP contribution < -0.4 is 0 Å². The van der Waals surface area contributed by atoms with Crippen molar-refractivity contribution in [3.63, 3.8) is 0 Å². The van der Waals surface area contributed by atoms with Gasteiger partial charge < -0.3 is 5.11 Å². The number of hydrogen-bond donors (Lipinski definition) is 1. The van der Waals surface area contributed by atoms with Gasteiger partial charge in [-0.25, -0.2) is 17.5 Å². The SMILES string of the molecule is CCCN(C)S(=O)(=O)c1cc(C(=O)O)cs1. The molecule has 0 aliphatic heterocycles. The van der Waals surface area contributed by atoms with Crippen LogP contribution in [0.4, 0.5) is 0 Å². The Morgan fingerprint density at radius 3 is 2.62 bits per heavy atom. The highest BCUT2D eigenvalue weighted by atomic mass is 32.2. The van der Waals surface area contributed by atoms with E-state index in [4.69, 9.17) is 5.11 Å². The van der Waals surface area contributed by atoms with Crippen LogP contribution in [0, 0.1) is 0 Å². The Labute approximate surface area is 98.4 Å². The predicted molar refractivity (Wildman–Crippen MR) is 61.4 cm³/mol. The highest BCUT2D eigenvalue weighted by Crippen LogP contribution is 2.23. The molecule has 1 rings (SSSR count). The molecule has 90 valence electrons. The van der Waals surface area contributed by atoms with Crippen molar-refractivity contribution < 1.29 is 18.3 Å². The van der Waals surface area contributed by atoms with Crippen LogP contribution in [0.3, 0.4) is 0 Å². The van der Waals surface area contributed by atoms with Gasteiger partial charge in [-0.2, -0.15) is 0 Å². The number of carboxylic acids is 1. The lowest BCUT2D eigenvalue weighted by Crippen LogP contribution is -2.26. The number of carbonyl (C=O) groups is 1. The van der Waals surface area contributed by atoms with E-state index in [0.717, 1.165) is 11.3 Å². The van der Waals surface area contributed by atoms with E-state index in [0.29, 0.717) is 13.0 Å². The Hall–Kier alpha value is -0.920. The van der Waals surface area contributed by atoms with Gasteiger partial charge in [0.1, 0.15) is 4.21 Å². The molecule has 1 aromatic rings. The Kier molecular flexibility index (Phi) is 4.06. The molecule has 0 radical (unpaired) electrons. The molecule has 0 aromatic carbocycles. The second kappa shape index (κ2) is 4.94. The van der Waals surface area contributed by atoms with Gasteiger partial charge in [-0.15, -0.1) is 11.3 Å². The van der Waals surface area contributed by atoms with Gasteiger partial charge in [0.25, 0.3) is 10.0 Å². The third-order valence-electron chi connectivity index (χ3n) is 2.03. The summed E-state index contributed by atoms with van der Waals surface area (Å²) in [7, 11) is -2.04. The van der Waals surface area contributed by atoms with E-state index in [-0.39, 0.29) is 9.77 Å². The monoisotopic (exact) mass is 263 g/mol. The average molecular weight is 263 g/mol. The van der Waals surface area contributed by atoms with Crippen molar-refractivity contribution in [2.45, 2.75) is 17.6 Å². The second-order valence-electron chi connectivity index (χ2n) is 3.29. The van der Waals surface area contributed by atoms with E-state index in [2.05, 4.69) is 0 Å². The number of aromatic carboxylic acids is 1. The van der Waals surface area contributed by atoms with Crippen molar-refractivity contribution in [3.05, 3.63) is 17.0 Å². The Morgan fingerprint density at radius 1 is 1.56 bits per heavy atom. The molecule has 7 heteroatoms. The zero-order chi connectivity index (χ0) is 12.3. The van der Waals surface area contributed by atoms with Crippen molar-refractivity contribution in [2.24, 2.45) is 0 Å². The van der Waals surface area contributed by atoms with Crippen LogP contribution in [0.5, 0.6) is 0 Å². The van der Waals surface area contributed by atoms with Crippen LogP contribution in [-0.2, 0) is 10.0 Å². The van der Waals surface area contributed by atoms with Gasteiger partial charge in [-0.05, 0) is 12.5 Å². The normalized spacial score (nSPS) is 11.9. The summed E-state index contributed by atoms with van der Waals surface area (Å²) in [5.74, 6) is -1.11. The first-order chi connectivity index (χ1) is 7.39. The maximum absolute atomic E-state index is 11.9. The van der Waals surface area contributed by atoms with Crippen LogP contribution in [-0.4, -0.2) is 37.4 Å². The number of rotatable bonds is 5. The summed E-state index contributed by atoms with van der Waals surface area (Å²) in [5, 5.41) is 10.0. The molecular weight excluding hydrogens is 250 g/mol.